The first-order valence-corrected chi connectivity index (χ1v) is 8.82. The third-order valence-electron chi connectivity index (χ3n) is 3.83. The van der Waals surface area contributed by atoms with Gasteiger partial charge < -0.3 is 9.52 Å². The average molecular weight is 379 g/mol. The summed E-state index contributed by atoms with van der Waals surface area (Å²) in [6, 6.07) is 14.8. The van der Waals surface area contributed by atoms with Gasteiger partial charge in [0.15, 0.2) is 0 Å². The summed E-state index contributed by atoms with van der Waals surface area (Å²) in [5.74, 6) is -0.296. The fourth-order valence-electron chi connectivity index (χ4n) is 2.49. The average Bonchev–Trinajstić information content (AvgIpc) is 3.15. The number of aromatic hydroxyl groups is 1. The quantitative estimate of drug-likeness (QED) is 0.371. The minimum absolute atomic E-state index is 0.0818. The molecule has 27 heavy (non-hydrogen) atoms. The first kappa shape index (κ1) is 16.8. The van der Waals surface area contributed by atoms with Gasteiger partial charge in [-0.3, -0.25) is 15.6 Å². The molecule has 7 nitrogen and oxygen atoms in total. The van der Waals surface area contributed by atoms with Crippen molar-refractivity contribution in [1.82, 2.24) is 10.4 Å². The summed E-state index contributed by atoms with van der Waals surface area (Å²) in [4.78, 5) is 28.6. The van der Waals surface area contributed by atoms with Crippen molar-refractivity contribution in [3.8, 4) is 17.0 Å². The number of aromatic nitrogens is 1. The van der Waals surface area contributed by atoms with Crippen molar-refractivity contribution in [2.24, 2.45) is 0 Å². The van der Waals surface area contributed by atoms with Gasteiger partial charge in [0.2, 0.25) is 5.13 Å². The predicted octanol–water partition coefficient (Wildman–Crippen LogP) is 3.38. The molecule has 4 rings (SSSR count). The van der Waals surface area contributed by atoms with Crippen molar-refractivity contribution in [1.29, 1.82) is 0 Å². The molecule has 1 amide bonds. The lowest BCUT2D eigenvalue weighted by Gasteiger charge is -2.05. The second kappa shape index (κ2) is 6.93. The smallest absolute Gasteiger partial charge is 0.345 e. The Balaban J connectivity index is 1.52. The molecule has 0 radical (unpaired) electrons. The van der Waals surface area contributed by atoms with E-state index in [2.05, 4.69) is 15.8 Å². The number of carbonyl (C=O) groups excluding carboxylic acids is 1. The fourth-order valence-corrected chi connectivity index (χ4v) is 3.15. The van der Waals surface area contributed by atoms with E-state index < -0.39 is 5.63 Å². The Labute approximate surface area is 156 Å². The lowest BCUT2D eigenvalue weighted by atomic mass is 10.1. The van der Waals surface area contributed by atoms with Gasteiger partial charge in [0.1, 0.15) is 11.3 Å². The summed E-state index contributed by atoms with van der Waals surface area (Å²) in [7, 11) is 0. The summed E-state index contributed by atoms with van der Waals surface area (Å²) < 4.78 is 5.32. The van der Waals surface area contributed by atoms with E-state index in [-0.39, 0.29) is 11.7 Å². The molecule has 0 aliphatic carbocycles. The summed E-state index contributed by atoms with van der Waals surface area (Å²) >= 11 is 1.24. The largest absolute Gasteiger partial charge is 0.508 e. The highest BCUT2D eigenvalue weighted by Crippen LogP contribution is 2.24. The zero-order valence-electron chi connectivity index (χ0n) is 13.8. The Morgan fingerprint density at radius 3 is 2.70 bits per heavy atom. The zero-order valence-corrected chi connectivity index (χ0v) is 14.6. The summed E-state index contributed by atoms with van der Waals surface area (Å²) in [6.45, 7) is 0. The maximum atomic E-state index is 12.2. The van der Waals surface area contributed by atoms with Crippen LogP contribution in [0, 0.1) is 0 Å². The number of para-hydroxylation sites is 1. The van der Waals surface area contributed by atoms with Gasteiger partial charge in [0.05, 0.1) is 11.3 Å². The molecule has 8 heteroatoms. The minimum Gasteiger partial charge on any atom is -0.508 e. The SMILES string of the molecule is O=C(NNc1nc(-c2cc3ccccc3oc2=O)cs1)c1ccc(O)cc1. The number of hydrazine groups is 1. The number of thiazole rings is 1. The zero-order chi connectivity index (χ0) is 18.8. The highest BCUT2D eigenvalue weighted by molar-refractivity contribution is 7.14. The van der Waals surface area contributed by atoms with E-state index in [1.54, 1.807) is 23.6 Å². The molecule has 0 spiro atoms. The molecule has 0 fully saturated rings. The van der Waals surface area contributed by atoms with Crippen LogP contribution in [0.1, 0.15) is 10.4 Å². The van der Waals surface area contributed by atoms with Crippen molar-refractivity contribution in [2.75, 3.05) is 5.43 Å². The number of rotatable bonds is 4. The number of phenols is 1. The number of hydrogen-bond donors (Lipinski definition) is 3. The Morgan fingerprint density at radius 1 is 1.11 bits per heavy atom. The molecule has 0 bridgehead atoms. The van der Waals surface area contributed by atoms with Crippen molar-refractivity contribution in [3.05, 3.63) is 76.0 Å². The van der Waals surface area contributed by atoms with Crippen LogP contribution in [-0.2, 0) is 0 Å². The highest BCUT2D eigenvalue weighted by atomic mass is 32.1. The van der Waals surface area contributed by atoms with E-state index in [1.807, 2.05) is 12.1 Å². The number of phenolic OH excluding ortho intramolecular Hbond substituents is 1. The van der Waals surface area contributed by atoms with Gasteiger partial charge in [-0.25, -0.2) is 9.78 Å². The van der Waals surface area contributed by atoms with Crippen LogP contribution < -0.4 is 16.5 Å². The van der Waals surface area contributed by atoms with E-state index in [0.717, 1.165) is 5.39 Å². The lowest BCUT2D eigenvalue weighted by Crippen LogP contribution is -2.29. The van der Waals surface area contributed by atoms with Gasteiger partial charge in [-0.1, -0.05) is 18.2 Å². The molecule has 0 aliphatic heterocycles. The van der Waals surface area contributed by atoms with Gasteiger partial charge in [0.25, 0.3) is 5.91 Å². The first-order chi connectivity index (χ1) is 13.1. The van der Waals surface area contributed by atoms with Crippen LogP contribution in [0.15, 0.2) is 69.2 Å². The molecule has 2 heterocycles. The Kier molecular flexibility index (Phi) is 4.31. The van der Waals surface area contributed by atoms with Gasteiger partial charge in [-0.2, -0.15) is 0 Å². The van der Waals surface area contributed by atoms with E-state index in [0.29, 0.717) is 27.5 Å². The molecule has 3 N–H and O–H groups in total. The van der Waals surface area contributed by atoms with E-state index >= 15 is 0 Å². The molecule has 0 aliphatic rings. The predicted molar refractivity (Wildman–Crippen MR) is 103 cm³/mol. The van der Waals surface area contributed by atoms with Crippen LogP contribution in [0.25, 0.3) is 22.2 Å². The Bertz CT molecular complexity index is 1180. The van der Waals surface area contributed by atoms with Crippen molar-refractivity contribution in [3.63, 3.8) is 0 Å². The van der Waals surface area contributed by atoms with Gasteiger partial charge >= 0.3 is 5.63 Å². The number of benzene rings is 2. The number of fused-ring (bicyclic) bond motifs is 1. The summed E-state index contributed by atoms with van der Waals surface area (Å²) in [5, 5.41) is 12.2. The number of nitrogens with zero attached hydrogens (tertiary/aromatic N) is 1. The molecule has 0 unspecified atom stereocenters. The van der Waals surface area contributed by atoms with Gasteiger partial charge in [-0.15, -0.1) is 11.3 Å². The maximum absolute atomic E-state index is 12.2. The molecule has 134 valence electrons. The third kappa shape index (κ3) is 3.51. The van der Waals surface area contributed by atoms with Crippen LogP contribution in [0.5, 0.6) is 5.75 Å². The normalized spacial score (nSPS) is 10.7. The summed E-state index contributed by atoms with van der Waals surface area (Å²) in [6.07, 6.45) is 0. The topological polar surface area (TPSA) is 104 Å². The molecular formula is C19H13N3O4S. The third-order valence-corrected chi connectivity index (χ3v) is 4.59. The second-order valence-electron chi connectivity index (χ2n) is 5.65. The molecule has 0 saturated heterocycles. The van der Waals surface area contributed by atoms with Gasteiger partial charge in [0, 0.05) is 16.3 Å². The Morgan fingerprint density at radius 2 is 1.89 bits per heavy atom. The van der Waals surface area contributed by atoms with Crippen LogP contribution in [-0.4, -0.2) is 16.0 Å². The first-order valence-electron chi connectivity index (χ1n) is 7.94. The standard InChI is InChI=1S/C19H13N3O4S/c23-13-7-5-11(6-8-13)17(24)21-22-19-20-15(10-27-19)14-9-12-3-1-2-4-16(12)26-18(14)25/h1-10,23H,(H,20,22)(H,21,24). The maximum Gasteiger partial charge on any atom is 0.345 e. The minimum atomic E-state index is -0.473. The molecule has 0 atom stereocenters. The van der Waals surface area contributed by atoms with Crippen molar-refractivity contribution in [2.45, 2.75) is 0 Å². The van der Waals surface area contributed by atoms with Gasteiger partial charge in [-0.05, 0) is 36.4 Å². The van der Waals surface area contributed by atoms with Crippen LogP contribution in [0.3, 0.4) is 0 Å². The molecule has 4 aromatic rings. The number of carbonyl (C=O) groups is 1. The highest BCUT2D eigenvalue weighted by Gasteiger charge is 2.12. The molecule has 0 saturated carbocycles. The van der Waals surface area contributed by atoms with E-state index in [9.17, 15) is 14.7 Å². The molecule has 2 aromatic carbocycles. The molecular weight excluding hydrogens is 366 g/mol. The summed E-state index contributed by atoms with van der Waals surface area (Å²) in [5.41, 5.74) is 6.47. The van der Waals surface area contributed by atoms with E-state index in [1.165, 1.54) is 35.6 Å². The van der Waals surface area contributed by atoms with Crippen LogP contribution in [0.2, 0.25) is 0 Å². The fraction of sp³-hybridized carbons (Fsp3) is 0. The molecule has 2 aromatic heterocycles. The monoisotopic (exact) mass is 379 g/mol. The van der Waals surface area contributed by atoms with Crippen LogP contribution >= 0.6 is 11.3 Å². The number of amides is 1. The number of anilines is 1. The lowest BCUT2D eigenvalue weighted by molar-refractivity contribution is 0.0962. The van der Waals surface area contributed by atoms with E-state index in [4.69, 9.17) is 4.42 Å². The Hall–Kier alpha value is -3.65. The number of nitrogens with one attached hydrogen (secondary N) is 2. The van der Waals surface area contributed by atoms with Crippen LogP contribution in [0.4, 0.5) is 5.13 Å². The second-order valence-corrected chi connectivity index (χ2v) is 6.51. The van der Waals surface area contributed by atoms with Crippen molar-refractivity contribution >= 4 is 33.3 Å². The number of hydrogen-bond acceptors (Lipinski definition) is 7. The van der Waals surface area contributed by atoms with Crippen molar-refractivity contribution < 1.29 is 14.3 Å².